The van der Waals surface area contributed by atoms with Crippen molar-refractivity contribution in [1.29, 1.82) is 0 Å². The summed E-state index contributed by atoms with van der Waals surface area (Å²) in [4.78, 5) is 4.24. The normalized spacial score (nSPS) is 9.44. The Morgan fingerprint density at radius 2 is 2.00 bits per heavy atom. The molecule has 0 spiro atoms. The van der Waals surface area contributed by atoms with Crippen molar-refractivity contribution >= 4 is 34.8 Å². The van der Waals surface area contributed by atoms with Gasteiger partial charge in [0.1, 0.15) is 0 Å². The number of nitrogens with zero attached hydrogens (tertiary/aromatic N) is 1. The van der Waals surface area contributed by atoms with Crippen LogP contribution < -0.4 is 0 Å². The molecule has 0 aliphatic heterocycles. The summed E-state index contributed by atoms with van der Waals surface area (Å²) < 4.78 is 1.05. The molecular weight excluding hydrogens is 492 g/mol. The van der Waals surface area contributed by atoms with Crippen molar-refractivity contribution < 1.29 is 16.5 Å². The van der Waals surface area contributed by atoms with Gasteiger partial charge in [-0.2, -0.15) is 0 Å². The average Bonchev–Trinajstić information content (AvgIpc) is 2.31. The van der Waals surface area contributed by atoms with Gasteiger partial charge in [0.15, 0.2) is 0 Å². The zero-order chi connectivity index (χ0) is 11.8. The summed E-state index contributed by atoms with van der Waals surface area (Å²) in [6, 6.07) is 14.8. The van der Waals surface area contributed by atoms with E-state index in [0.717, 1.165) is 15.7 Å². The molecule has 0 fully saturated rings. The predicted molar refractivity (Wildman–Crippen MR) is 67.9 cm³/mol. The molecular formula is C11H7BrCl2NPt-. The number of pyridine rings is 1. The topological polar surface area (TPSA) is 12.9 Å². The van der Waals surface area contributed by atoms with Gasteiger partial charge in [0.05, 0.1) is 0 Å². The minimum absolute atomic E-state index is 0.472. The van der Waals surface area contributed by atoms with Gasteiger partial charge in [-0.3, -0.25) is 0 Å². The van der Waals surface area contributed by atoms with Crippen molar-refractivity contribution in [3.8, 4) is 11.3 Å². The van der Waals surface area contributed by atoms with Crippen LogP contribution in [0.5, 0.6) is 0 Å². The second-order valence-corrected chi connectivity index (χ2v) is 6.88. The Bertz CT molecular complexity index is 425. The quantitative estimate of drug-likeness (QED) is 0.520. The van der Waals surface area contributed by atoms with Crippen LogP contribution in [0.1, 0.15) is 0 Å². The zero-order valence-electron chi connectivity index (χ0n) is 7.94. The first kappa shape index (κ1) is 14.2. The van der Waals surface area contributed by atoms with Crippen LogP contribution in [0.15, 0.2) is 47.1 Å². The molecule has 0 saturated heterocycles. The maximum absolute atomic E-state index is 4.88. The van der Waals surface area contributed by atoms with Crippen LogP contribution in [0.2, 0.25) is 0 Å². The molecule has 0 N–H and O–H groups in total. The van der Waals surface area contributed by atoms with Crippen LogP contribution in [0.4, 0.5) is 0 Å². The van der Waals surface area contributed by atoms with Gasteiger partial charge < -0.3 is 4.98 Å². The molecule has 0 aliphatic rings. The first-order valence-electron chi connectivity index (χ1n) is 4.19. The van der Waals surface area contributed by atoms with E-state index in [4.69, 9.17) is 18.8 Å². The number of benzene rings is 1. The monoisotopic (exact) mass is 497 g/mol. The third kappa shape index (κ3) is 4.97. The summed E-state index contributed by atoms with van der Waals surface area (Å²) in [7, 11) is 9.75. The van der Waals surface area contributed by atoms with Gasteiger partial charge in [-0.15, -0.1) is 29.8 Å². The number of hydrogen-bond acceptors (Lipinski definition) is 1. The van der Waals surface area contributed by atoms with Crippen LogP contribution in [-0.2, 0) is 16.5 Å². The van der Waals surface area contributed by atoms with Crippen molar-refractivity contribution in [2.24, 2.45) is 0 Å². The van der Waals surface area contributed by atoms with Crippen molar-refractivity contribution in [2.45, 2.75) is 0 Å². The molecule has 0 atom stereocenters. The molecule has 0 bridgehead atoms. The van der Waals surface area contributed by atoms with E-state index in [2.05, 4.69) is 27.0 Å². The number of aromatic nitrogens is 1. The molecule has 0 amide bonds. The van der Waals surface area contributed by atoms with Gasteiger partial charge in [0, 0.05) is 6.20 Å². The van der Waals surface area contributed by atoms with E-state index >= 15 is 0 Å². The Morgan fingerprint density at radius 3 is 2.56 bits per heavy atom. The van der Waals surface area contributed by atoms with E-state index in [0.29, 0.717) is 0 Å². The summed E-state index contributed by atoms with van der Waals surface area (Å²) in [6.07, 6.45) is 1.78. The fourth-order valence-corrected chi connectivity index (χ4v) is 1.47. The van der Waals surface area contributed by atoms with Crippen LogP contribution >= 0.6 is 34.8 Å². The van der Waals surface area contributed by atoms with Crippen molar-refractivity contribution in [3.63, 3.8) is 0 Å². The standard InChI is InChI=1S/C11H7BrN.2ClH.Pt/c12-10-5-3-4-9(8-10)11-6-1-2-7-13-11;;;/h1-3,5-8H;2*1H;/q-1;;;+2/p-2. The Balaban J connectivity index is 0.000000386. The number of halogens is 3. The molecule has 0 unspecified atom stereocenters. The van der Waals surface area contributed by atoms with E-state index in [1.54, 1.807) is 6.20 Å². The molecule has 1 aromatic carbocycles. The Morgan fingerprint density at radius 1 is 1.25 bits per heavy atom. The number of rotatable bonds is 1. The molecule has 5 heteroatoms. The SMILES string of the molecule is Brc1cc[c-]c(-c2ccccn2)c1.[Cl][Pt][Cl]. The van der Waals surface area contributed by atoms with Crippen LogP contribution in [0.3, 0.4) is 0 Å². The number of hydrogen-bond donors (Lipinski definition) is 0. The second kappa shape index (κ2) is 8.24. The van der Waals surface area contributed by atoms with Crippen LogP contribution in [-0.4, -0.2) is 4.98 Å². The molecule has 1 aromatic heterocycles. The fourth-order valence-electron chi connectivity index (χ4n) is 1.11. The molecule has 0 radical (unpaired) electrons. The molecule has 0 aliphatic carbocycles. The summed E-state index contributed by atoms with van der Waals surface area (Å²) in [5.41, 5.74) is 1.96. The molecule has 1 nitrogen and oxygen atoms in total. The third-order valence-corrected chi connectivity index (χ3v) is 2.20. The molecule has 2 aromatic rings. The summed E-state index contributed by atoms with van der Waals surface area (Å²) in [5.74, 6) is 0. The molecule has 16 heavy (non-hydrogen) atoms. The Kier molecular flexibility index (Phi) is 7.31. The van der Waals surface area contributed by atoms with Crippen LogP contribution in [0.25, 0.3) is 11.3 Å². The van der Waals surface area contributed by atoms with Crippen molar-refractivity contribution in [1.82, 2.24) is 4.98 Å². The first-order valence-corrected chi connectivity index (χ1v) is 10.6. The Hall–Kier alpha value is 0.118. The third-order valence-electron chi connectivity index (χ3n) is 1.70. The van der Waals surface area contributed by atoms with E-state index in [9.17, 15) is 0 Å². The van der Waals surface area contributed by atoms with Gasteiger partial charge in [0.25, 0.3) is 0 Å². The van der Waals surface area contributed by atoms with Crippen LogP contribution in [0, 0.1) is 6.07 Å². The average molecular weight is 499 g/mol. The molecule has 88 valence electrons. The van der Waals surface area contributed by atoms with Gasteiger partial charge in [0.2, 0.25) is 0 Å². The van der Waals surface area contributed by atoms with E-state index in [1.807, 2.05) is 36.4 Å². The molecule has 2 rings (SSSR count). The first-order chi connectivity index (χ1) is 7.77. The van der Waals surface area contributed by atoms with Gasteiger partial charge in [-0.05, 0) is 11.8 Å². The summed E-state index contributed by atoms with van der Waals surface area (Å²) in [6.45, 7) is 0. The van der Waals surface area contributed by atoms with E-state index in [1.165, 1.54) is 0 Å². The van der Waals surface area contributed by atoms with Gasteiger partial charge in [-0.1, -0.05) is 32.5 Å². The van der Waals surface area contributed by atoms with E-state index in [-0.39, 0.29) is 0 Å². The minimum atomic E-state index is -0.472. The maximum atomic E-state index is 4.88. The fraction of sp³-hybridized carbons (Fsp3) is 0. The van der Waals surface area contributed by atoms with Crippen molar-refractivity contribution in [2.75, 3.05) is 0 Å². The van der Waals surface area contributed by atoms with E-state index < -0.39 is 16.5 Å². The van der Waals surface area contributed by atoms with Crippen molar-refractivity contribution in [3.05, 3.63) is 53.1 Å². The zero-order valence-corrected chi connectivity index (χ0v) is 13.3. The Labute approximate surface area is 120 Å². The van der Waals surface area contributed by atoms with Gasteiger partial charge >= 0.3 is 35.3 Å². The molecule has 0 saturated carbocycles. The second-order valence-electron chi connectivity index (χ2n) is 2.68. The summed E-state index contributed by atoms with van der Waals surface area (Å²) in [5, 5.41) is 0. The summed E-state index contributed by atoms with van der Waals surface area (Å²) >= 11 is 2.94. The predicted octanol–water partition coefficient (Wildman–Crippen LogP) is 4.69. The van der Waals surface area contributed by atoms with Gasteiger partial charge in [-0.25, -0.2) is 0 Å². The molecule has 1 heterocycles.